The van der Waals surface area contributed by atoms with Gasteiger partial charge < -0.3 is 0 Å². The Morgan fingerprint density at radius 2 is 1.94 bits per heavy atom. The highest BCUT2D eigenvalue weighted by Crippen LogP contribution is 2.27. The summed E-state index contributed by atoms with van der Waals surface area (Å²) in [7, 11) is 0. The molecular weight excluding hydrogens is 244 g/mol. The fraction of sp³-hybridized carbons (Fsp3) is 0.500. The summed E-state index contributed by atoms with van der Waals surface area (Å²) < 4.78 is 0. The number of hydrogen-bond donors (Lipinski definition) is 2. The smallest absolute Gasteiger partial charge is 0.247 e. The third-order valence-electron chi connectivity index (χ3n) is 2.81. The van der Waals surface area contributed by atoms with Gasteiger partial charge in [0.2, 0.25) is 5.91 Å². The van der Waals surface area contributed by atoms with Crippen molar-refractivity contribution >= 4 is 17.7 Å². The monoisotopic (exact) mass is 266 g/mol. The topological polar surface area (TPSA) is 55.1 Å². The number of amides is 1. The highest BCUT2D eigenvalue weighted by atomic mass is 32.2. The molecule has 1 rings (SSSR count). The van der Waals surface area contributed by atoms with Crippen LogP contribution in [0.2, 0.25) is 0 Å². The zero-order chi connectivity index (χ0) is 13.5. The molecule has 1 aromatic rings. The number of nitrogens with one attached hydrogen (secondary N) is 1. The molecule has 18 heavy (non-hydrogen) atoms. The number of carbonyl (C=O) groups is 1. The van der Waals surface area contributed by atoms with E-state index in [0.717, 1.165) is 17.7 Å². The van der Waals surface area contributed by atoms with Gasteiger partial charge in [-0.05, 0) is 30.0 Å². The number of thioether (sulfide) groups is 1. The van der Waals surface area contributed by atoms with Crippen LogP contribution < -0.4 is 11.3 Å². The second-order valence-corrected chi connectivity index (χ2v) is 5.90. The predicted molar refractivity (Wildman–Crippen MR) is 77.4 cm³/mol. The zero-order valence-electron chi connectivity index (χ0n) is 11.3. The van der Waals surface area contributed by atoms with Crippen molar-refractivity contribution in [1.82, 2.24) is 5.43 Å². The first-order chi connectivity index (χ1) is 8.58. The maximum Gasteiger partial charge on any atom is 0.247 e. The lowest BCUT2D eigenvalue weighted by molar-refractivity contribution is -0.120. The number of carbonyl (C=O) groups excluding carboxylic acids is 1. The van der Waals surface area contributed by atoms with Crippen molar-refractivity contribution in [2.45, 2.75) is 49.7 Å². The van der Waals surface area contributed by atoms with E-state index in [9.17, 15) is 4.79 Å². The van der Waals surface area contributed by atoms with Crippen molar-refractivity contribution in [2.24, 2.45) is 5.84 Å². The largest absolute Gasteiger partial charge is 0.293 e. The van der Waals surface area contributed by atoms with Gasteiger partial charge in [0.1, 0.15) is 0 Å². The Morgan fingerprint density at radius 3 is 2.39 bits per heavy atom. The fourth-order valence-electron chi connectivity index (χ4n) is 1.69. The molecule has 3 nitrogen and oxygen atoms in total. The Bertz CT molecular complexity index is 376. The molecular formula is C14H22N2OS. The first-order valence-corrected chi connectivity index (χ1v) is 7.23. The van der Waals surface area contributed by atoms with Crippen LogP contribution in [0.25, 0.3) is 0 Å². The second kappa shape index (κ2) is 7.44. The third kappa shape index (κ3) is 4.35. The van der Waals surface area contributed by atoms with Gasteiger partial charge in [-0.15, -0.1) is 11.8 Å². The molecule has 0 aliphatic heterocycles. The number of nitrogens with two attached hydrogens (primary N) is 1. The SMILES string of the molecule is CCCC(Sc1ccc(C(C)C)cc1)C(=O)NN. The van der Waals surface area contributed by atoms with Gasteiger partial charge in [-0.25, -0.2) is 5.84 Å². The van der Waals surface area contributed by atoms with E-state index in [2.05, 4.69) is 50.5 Å². The highest BCUT2D eigenvalue weighted by Gasteiger charge is 2.17. The normalized spacial score (nSPS) is 12.5. The summed E-state index contributed by atoms with van der Waals surface area (Å²) in [6.07, 6.45) is 1.80. The van der Waals surface area contributed by atoms with Crippen LogP contribution >= 0.6 is 11.8 Å². The maximum absolute atomic E-state index is 11.6. The molecule has 0 heterocycles. The summed E-state index contributed by atoms with van der Waals surface area (Å²) in [4.78, 5) is 12.7. The predicted octanol–water partition coefficient (Wildman–Crippen LogP) is 3.06. The van der Waals surface area contributed by atoms with Crippen molar-refractivity contribution in [3.05, 3.63) is 29.8 Å². The quantitative estimate of drug-likeness (QED) is 0.360. The van der Waals surface area contributed by atoms with Crippen LogP contribution in [0.15, 0.2) is 29.2 Å². The Kier molecular flexibility index (Phi) is 6.22. The van der Waals surface area contributed by atoms with Gasteiger partial charge in [0, 0.05) is 4.90 Å². The van der Waals surface area contributed by atoms with E-state index in [-0.39, 0.29) is 11.2 Å². The third-order valence-corrected chi connectivity index (χ3v) is 4.09. The lowest BCUT2D eigenvalue weighted by Crippen LogP contribution is -2.37. The van der Waals surface area contributed by atoms with Crippen LogP contribution in [-0.2, 0) is 4.79 Å². The zero-order valence-corrected chi connectivity index (χ0v) is 12.1. The minimum Gasteiger partial charge on any atom is -0.293 e. The molecule has 1 unspecified atom stereocenters. The van der Waals surface area contributed by atoms with E-state index in [0.29, 0.717) is 5.92 Å². The molecule has 0 radical (unpaired) electrons. The Labute approximate surface area is 113 Å². The maximum atomic E-state index is 11.6. The van der Waals surface area contributed by atoms with Crippen molar-refractivity contribution in [3.63, 3.8) is 0 Å². The van der Waals surface area contributed by atoms with Gasteiger partial charge >= 0.3 is 0 Å². The Hall–Kier alpha value is -1.00. The van der Waals surface area contributed by atoms with E-state index in [1.807, 2.05) is 0 Å². The Morgan fingerprint density at radius 1 is 1.33 bits per heavy atom. The van der Waals surface area contributed by atoms with E-state index in [4.69, 9.17) is 5.84 Å². The first-order valence-electron chi connectivity index (χ1n) is 6.35. The van der Waals surface area contributed by atoms with Crippen molar-refractivity contribution in [1.29, 1.82) is 0 Å². The molecule has 1 aromatic carbocycles. The fourth-order valence-corrected chi connectivity index (χ4v) is 2.84. The molecule has 0 saturated heterocycles. The Balaban J connectivity index is 2.71. The number of benzene rings is 1. The first kappa shape index (κ1) is 15.1. The molecule has 0 saturated carbocycles. The van der Waals surface area contributed by atoms with Gasteiger partial charge in [-0.2, -0.15) is 0 Å². The van der Waals surface area contributed by atoms with Crippen molar-refractivity contribution in [2.75, 3.05) is 0 Å². The van der Waals surface area contributed by atoms with Crippen LogP contribution in [0.1, 0.15) is 45.1 Å². The molecule has 1 amide bonds. The average Bonchev–Trinajstić information content (AvgIpc) is 2.38. The highest BCUT2D eigenvalue weighted by molar-refractivity contribution is 8.00. The minimum absolute atomic E-state index is 0.102. The standard InChI is InChI=1S/C14H22N2OS/c1-4-5-13(14(17)16-15)18-12-8-6-11(7-9-12)10(2)3/h6-10,13H,4-5,15H2,1-3H3,(H,16,17). The number of rotatable bonds is 6. The van der Waals surface area contributed by atoms with Gasteiger partial charge in [0.15, 0.2) is 0 Å². The molecule has 0 spiro atoms. The molecule has 0 fully saturated rings. The summed E-state index contributed by atoms with van der Waals surface area (Å²) in [6, 6.07) is 8.39. The molecule has 100 valence electrons. The van der Waals surface area contributed by atoms with Crippen LogP contribution in [0.4, 0.5) is 0 Å². The number of hydrogen-bond acceptors (Lipinski definition) is 3. The van der Waals surface area contributed by atoms with E-state index in [1.165, 1.54) is 5.56 Å². The molecule has 4 heteroatoms. The average molecular weight is 266 g/mol. The molecule has 0 bridgehead atoms. The van der Waals surface area contributed by atoms with Crippen LogP contribution in [0.3, 0.4) is 0 Å². The van der Waals surface area contributed by atoms with Crippen molar-refractivity contribution in [3.8, 4) is 0 Å². The minimum atomic E-state index is -0.107. The van der Waals surface area contributed by atoms with Crippen LogP contribution in [0, 0.1) is 0 Å². The summed E-state index contributed by atoms with van der Waals surface area (Å²) in [6.45, 7) is 6.41. The molecule has 0 aromatic heterocycles. The summed E-state index contributed by atoms with van der Waals surface area (Å²) in [5, 5.41) is -0.107. The van der Waals surface area contributed by atoms with Gasteiger partial charge in [-0.1, -0.05) is 39.3 Å². The van der Waals surface area contributed by atoms with Crippen LogP contribution in [-0.4, -0.2) is 11.2 Å². The van der Waals surface area contributed by atoms with E-state index in [1.54, 1.807) is 11.8 Å². The van der Waals surface area contributed by atoms with Gasteiger partial charge in [0.25, 0.3) is 0 Å². The summed E-state index contributed by atoms with van der Waals surface area (Å²) >= 11 is 1.57. The molecule has 3 N–H and O–H groups in total. The van der Waals surface area contributed by atoms with Gasteiger partial charge in [0.05, 0.1) is 5.25 Å². The van der Waals surface area contributed by atoms with E-state index < -0.39 is 0 Å². The van der Waals surface area contributed by atoms with E-state index >= 15 is 0 Å². The molecule has 1 atom stereocenters. The second-order valence-electron chi connectivity index (χ2n) is 4.63. The molecule has 0 aliphatic carbocycles. The van der Waals surface area contributed by atoms with Crippen LogP contribution in [0.5, 0.6) is 0 Å². The van der Waals surface area contributed by atoms with Gasteiger partial charge in [-0.3, -0.25) is 10.2 Å². The van der Waals surface area contributed by atoms with Crippen molar-refractivity contribution < 1.29 is 4.79 Å². The summed E-state index contributed by atoms with van der Waals surface area (Å²) in [5.41, 5.74) is 3.55. The molecule has 0 aliphatic rings. The summed E-state index contributed by atoms with van der Waals surface area (Å²) in [5.74, 6) is 5.64. The lowest BCUT2D eigenvalue weighted by atomic mass is 10.0. The lowest BCUT2D eigenvalue weighted by Gasteiger charge is -2.14. The number of hydrazine groups is 1.